The number of hydrogen-bond acceptors (Lipinski definition) is 4. The fourth-order valence-corrected chi connectivity index (χ4v) is 2.41. The van der Waals surface area contributed by atoms with E-state index in [2.05, 4.69) is 15.6 Å². The average molecular weight is 469 g/mol. The van der Waals surface area contributed by atoms with Gasteiger partial charge in [0, 0.05) is 6.54 Å². The van der Waals surface area contributed by atoms with Gasteiger partial charge in [-0.1, -0.05) is 24.3 Å². The van der Waals surface area contributed by atoms with Gasteiger partial charge in [0.2, 0.25) is 6.79 Å². The van der Waals surface area contributed by atoms with Gasteiger partial charge in [-0.2, -0.15) is 0 Å². The smallest absolute Gasteiger partial charge is 0.231 e. The predicted octanol–water partition coefficient (Wildman–Crippen LogP) is 3.17. The Labute approximate surface area is 171 Å². The molecule has 1 aliphatic rings. The lowest BCUT2D eigenvalue weighted by Crippen LogP contribution is -2.39. The molecule has 0 aromatic heterocycles. The molecule has 0 saturated carbocycles. The molecule has 3 rings (SSSR count). The summed E-state index contributed by atoms with van der Waals surface area (Å²) in [5.74, 6) is 3.20. The molecule has 26 heavy (non-hydrogen) atoms. The second kappa shape index (κ2) is 10.7. The van der Waals surface area contributed by atoms with Crippen molar-refractivity contribution >= 4 is 29.9 Å². The number of nitrogens with zero attached hydrogens (tertiary/aromatic N) is 1. The Kier molecular flexibility index (Phi) is 8.33. The van der Waals surface area contributed by atoms with Crippen LogP contribution in [0.4, 0.5) is 0 Å². The number of nitrogens with one attached hydrogen (secondary N) is 2. The highest BCUT2D eigenvalue weighted by molar-refractivity contribution is 14.0. The molecule has 7 heteroatoms. The Balaban J connectivity index is 0.00000243. The van der Waals surface area contributed by atoms with Gasteiger partial charge in [0.05, 0.1) is 13.1 Å². The number of hydrogen-bond donors (Lipinski definition) is 2. The lowest BCUT2D eigenvalue weighted by Gasteiger charge is -2.12. The number of guanidine groups is 1. The van der Waals surface area contributed by atoms with Crippen molar-refractivity contribution in [1.82, 2.24) is 10.6 Å². The first-order valence-electron chi connectivity index (χ1n) is 8.43. The zero-order chi connectivity index (χ0) is 17.3. The van der Waals surface area contributed by atoms with Crippen molar-refractivity contribution in [2.75, 3.05) is 26.5 Å². The highest BCUT2D eigenvalue weighted by Gasteiger charge is 2.12. The highest BCUT2D eigenvalue weighted by atomic mass is 127. The summed E-state index contributed by atoms with van der Waals surface area (Å²) in [4.78, 5) is 4.60. The monoisotopic (exact) mass is 469 g/mol. The molecule has 2 aromatic carbocycles. The number of aliphatic imine (C=N–C) groups is 1. The number of benzene rings is 2. The van der Waals surface area contributed by atoms with Crippen molar-refractivity contribution in [1.29, 1.82) is 0 Å². The maximum Gasteiger partial charge on any atom is 0.231 e. The standard InChI is InChI=1S/C19H23N3O3.HI/c1-2-20-19(21-10-11-23-16-6-4-3-5-7-16)22-13-15-8-9-17-18(12-15)25-14-24-17;/h3-9,12H,2,10-11,13-14H2,1H3,(H2,20,21,22);1H. The molecule has 2 aromatic rings. The van der Waals surface area contributed by atoms with Crippen molar-refractivity contribution < 1.29 is 14.2 Å². The van der Waals surface area contributed by atoms with Crippen molar-refractivity contribution in [3.63, 3.8) is 0 Å². The molecule has 1 heterocycles. The quantitative estimate of drug-likeness (QED) is 0.282. The Morgan fingerprint density at radius 1 is 1.08 bits per heavy atom. The van der Waals surface area contributed by atoms with Gasteiger partial charge in [-0.15, -0.1) is 24.0 Å². The van der Waals surface area contributed by atoms with Crippen molar-refractivity contribution in [2.24, 2.45) is 4.99 Å². The number of fused-ring (bicyclic) bond motifs is 1. The number of para-hydroxylation sites is 1. The van der Waals surface area contributed by atoms with Crippen LogP contribution in [0.25, 0.3) is 0 Å². The first kappa shape index (κ1) is 20.2. The predicted molar refractivity (Wildman–Crippen MR) is 113 cm³/mol. The van der Waals surface area contributed by atoms with Crippen LogP contribution in [0.2, 0.25) is 0 Å². The molecule has 140 valence electrons. The zero-order valence-electron chi connectivity index (χ0n) is 14.7. The summed E-state index contributed by atoms with van der Waals surface area (Å²) in [6.07, 6.45) is 0. The molecule has 0 unspecified atom stereocenters. The van der Waals surface area contributed by atoms with Gasteiger partial charge >= 0.3 is 0 Å². The van der Waals surface area contributed by atoms with Crippen molar-refractivity contribution in [3.8, 4) is 17.2 Å². The summed E-state index contributed by atoms with van der Waals surface area (Å²) in [6, 6.07) is 15.7. The summed E-state index contributed by atoms with van der Waals surface area (Å²) < 4.78 is 16.4. The second-order valence-electron chi connectivity index (χ2n) is 5.47. The molecule has 0 amide bonds. The molecule has 0 bridgehead atoms. The van der Waals surface area contributed by atoms with Gasteiger partial charge < -0.3 is 24.8 Å². The fourth-order valence-electron chi connectivity index (χ4n) is 2.41. The molecule has 0 spiro atoms. The highest BCUT2D eigenvalue weighted by Crippen LogP contribution is 2.32. The minimum atomic E-state index is 0. The van der Waals surface area contributed by atoms with Gasteiger partial charge in [0.25, 0.3) is 0 Å². The summed E-state index contributed by atoms with van der Waals surface area (Å²) >= 11 is 0. The van der Waals surface area contributed by atoms with E-state index in [0.29, 0.717) is 19.7 Å². The van der Waals surface area contributed by atoms with E-state index in [-0.39, 0.29) is 30.8 Å². The molecule has 0 saturated heterocycles. The topological polar surface area (TPSA) is 64.1 Å². The second-order valence-corrected chi connectivity index (χ2v) is 5.47. The van der Waals surface area contributed by atoms with Crippen LogP contribution in [0.3, 0.4) is 0 Å². The van der Waals surface area contributed by atoms with Crippen LogP contribution in [-0.2, 0) is 6.54 Å². The molecule has 1 aliphatic heterocycles. The van der Waals surface area contributed by atoms with Gasteiger partial charge in [-0.3, -0.25) is 0 Å². The zero-order valence-corrected chi connectivity index (χ0v) is 17.1. The minimum absolute atomic E-state index is 0. The molecule has 0 aliphatic carbocycles. The first-order chi connectivity index (χ1) is 12.3. The van der Waals surface area contributed by atoms with Crippen LogP contribution in [-0.4, -0.2) is 32.4 Å². The van der Waals surface area contributed by atoms with E-state index >= 15 is 0 Å². The van der Waals surface area contributed by atoms with Crippen molar-refractivity contribution in [2.45, 2.75) is 13.5 Å². The summed E-state index contributed by atoms with van der Waals surface area (Å²) in [6.45, 7) is 4.92. The molecule has 2 N–H and O–H groups in total. The van der Waals surface area contributed by atoms with Crippen LogP contribution in [0.1, 0.15) is 12.5 Å². The van der Waals surface area contributed by atoms with Crippen LogP contribution >= 0.6 is 24.0 Å². The Morgan fingerprint density at radius 3 is 2.69 bits per heavy atom. The third-order valence-electron chi connectivity index (χ3n) is 3.61. The number of halogens is 1. The average Bonchev–Trinajstić information content (AvgIpc) is 3.12. The minimum Gasteiger partial charge on any atom is -0.492 e. The van der Waals surface area contributed by atoms with Gasteiger partial charge in [0.15, 0.2) is 17.5 Å². The van der Waals surface area contributed by atoms with Gasteiger partial charge in [-0.25, -0.2) is 4.99 Å². The van der Waals surface area contributed by atoms with E-state index in [0.717, 1.165) is 35.3 Å². The maximum atomic E-state index is 5.67. The Hall–Kier alpha value is -2.16. The molecule has 0 atom stereocenters. The Morgan fingerprint density at radius 2 is 1.88 bits per heavy atom. The Bertz CT molecular complexity index is 710. The first-order valence-corrected chi connectivity index (χ1v) is 8.43. The lowest BCUT2D eigenvalue weighted by atomic mass is 10.2. The van der Waals surface area contributed by atoms with E-state index < -0.39 is 0 Å². The van der Waals surface area contributed by atoms with E-state index in [1.807, 2.05) is 55.5 Å². The number of ether oxygens (including phenoxy) is 3. The molecule has 0 radical (unpaired) electrons. The molecular weight excluding hydrogens is 445 g/mol. The van der Waals surface area contributed by atoms with E-state index in [4.69, 9.17) is 14.2 Å². The van der Waals surface area contributed by atoms with Crippen LogP contribution in [0, 0.1) is 0 Å². The van der Waals surface area contributed by atoms with Crippen LogP contribution in [0.5, 0.6) is 17.2 Å². The molecule has 6 nitrogen and oxygen atoms in total. The van der Waals surface area contributed by atoms with E-state index in [9.17, 15) is 0 Å². The summed E-state index contributed by atoms with van der Waals surface area (Å²) in [7, 11) is 0. The molecule has 0 fully saturated rings. The largest absolute Gasteiger partial charge is 0.492 e. The SMILES string of the molecule is CCNC(=NCc1ccc2c(c1)OCO2)NCCOc1ccccc1.I. The van der Waals surface area contributed by atoms with Crippen molar-refractivity contribution in [3.05, 3.63) is 54.1 Å². The van der Waals surface area contributed by atoms with Gasteiger partial charge in [0.1, 0.15) is 12.4 Å². The third kappa shape index (κ3) is 5.98. The van der Waals surface area contributed by atoms with E-state index in [1.165, 1.54) is 0 Å². The maximum absolute atomic E-state index is 5.67. The number of rotatable bonds is 7. The van der Waals surface area contributed by atoms with Gasteiger partial charge in [-0.05, 0) is 36.8 Å². The lowest BCUT2D eigenvalue weighted by molar-refractivity contribution is 0.174. The fraction of sp³-hybridized carbons (Fsp3) is 0.316. The molecular formula is C19H24IN3O3. The van der Waals surface area contributed by atoms with E-state index in [1.54, 1.807) is 0 Å². The normalized spacial score (nSPS) is 12.3. The summed E-state index contributed by atoms with van der Waals surface area (Å²) in [5, 5.41) is 6.50. The third-order valence-corrected chi connectivity index (χ3v) is 3.61. The summed E-state index contributed by atoms with van der Waals surface area (Å²) in [5.41, 5.74) is 1.07. The van der Waals surface area contributed by atoms with Crippen LogP contribution < -0.4 is 24.8 Å². The van der Waals surface area contributed by atoms with Crippen LogP contribution in [0.15, 0.2) is 53.5 Å².